The first-order chi connectivity index (χ1) is 14.5. The van der Waals surface area contributed by atoms with E-state index in [0.29, 0.717) is 35.7 Å². The summed E-state index contributed by atoms with van der Waals surface area (Å²) < 4.78 is 6.19. The Morgan fingerprint density at radius 3 is 2.20 bits per heavy atom. The van der Waals surface area contributed by atoms with Crippen LogP contribution >= 0.6 is 15.9 Å². The molecule has 30 heavy (non-hydrogen) atoms. The van der Waals surface area contributed by atoms with Gasteiger partial charge in [0.2, 0.25) is 0 Å². The van der Waals surface area contributed by atoms with Crippen LogP contribution in [0.25, 0.3) is 0 Å². The molecule has 0 aliphatic rings. The lowest BCUT2D eigenvalue weighted by Crippen LogP contribution is -2.30. The van der Waals surface area contributed by atoms with Gasteiger partial charge in [-0.2, -0.15) is 0 Å². The van der Waals surface area contributed by atoms with Gasteiger partial charge in [-0.25, -0.2) is 0 Å². The largest absolute Gasteiger partial charge is 0.493 e. The molecule has 0 fully saturated rings. The van der Waals surface area contributed by atoms with Crippen molar-refractivity contribution in [3.63, 3.8) is 0 Å². The van der Waals surface area contributed by atoms with Crippen LogP contribution in [0.3, 0.4) is 0 Å². The number of hydrogen-bond acceptors (Lipinski definition) is 3. The molecule has 0 aliphatic carbocycles. The molecule has 1 N–H and O–H groups in total. The zero-order valence-corrected chi connectivity index (χ0v) is 18.5. The fraction of sp³-hybridized carbons (Fsp3) is 0.167. The molecule has 0 radical (unpaired) electrons. The van der Waals surface area contributed by atoms with Crippen molar-refractivity contribution in [2.75, 3.05) is 23.4 Å². The molecule has 0 saturated heterocycles. The Morgan fingerprint density at radius 1 is 0.933 bits per heavy atom. The number of carbonyl (C=O) groups excluding carboxylic acids is 2. The Morgan fingerprint density at radius 2 is 1.60 bits per heavy atom. The van der Waals surface area contributed by atoms with E-state index in [-0.39, 0.29) is 11.8 Å². The molecule has 3 rings (SSSR count). The van der Waals surface area contributed by atoms with Gasteiger partial charge in [0.15, 0.2) is 0 Å². The summed E-state index contributed by atoms with van der Waals surface area (Å²) in [5.41, 5.74) is 2.53. The summed E-state index contributed by atoms with van der Waals surface area (Å²) >= 11 is 3.42. The Hall–Kier alpha value is -3.12. The first kappa shape index (κ1) is 21.6. The third-order valence-electron chi connectivity index (χ3n) is 4.51. The third-order valence-corrected chi connectivity index (χ3v) is 5.13. The van der Waals surface area contributed by atoms with E-state index in [1.54, 1.807) is 47.4 Å². The van der Waals surface area contributed by atoms with Crippen molar-refractivity contribution < 1.29 is 14.3 Å². The first-order valence-corrected chi connectivity index (χ1v) is 10.5. The van der Waals surface area contributed by atoms with Gasteiger partial charge >= 0.3 is 0 Å². The van der Waals surface area contributed by atoms with Gasteiger partial charge in [0.05, 0.1) is 11.1 Å². The number of carbonyl (C=O) groups is 2. The molecule has 2 amide bonds. The number of nitrogens with zero attached hydrogens (tertiary/aromatic N) is 1. The highest BCUT2D eigenvalue weighted by molar-refractivity contribution is 9.10. The van der Waals surface area contributed by atoms with Crippen molar-refractivity contribution in [1.29, 1.82) is 0 Å². The average molecular weight is 467 g/mol. The number of hydrogen-bond donors (Lipinski definition) is 1. The molecule has 3 aromatic rings. The number of amides is 2. The Bertz CT molecular complexity index is 1020. The highest BCUT2D eigenvalue weighted by Gasteiger charge is 2.16. The Balaban J connectivity index is 1.70. The molecule has 0 saturated carbocycles. The average Bonchev–Trinajstić information content (AvgIpc) is 2.77. The van der Waals surface area contributed by atoms with Crippen LogP contribution < -0.4 is 15.0 Å². The lowest BCUT2D eigenvalue weighted by molar-refractivity contribution is 0.0987. The predicted molar refractivity (Wildman–Crippen MR) is 123 cm³/mol. The van der Waals surface area contributed by atoms with E-state index in [4.69, 9.17) is 4.74 Å². The van der Waals surface area contributed by atoms with Gasteiger partial charge in [-0.05, 0) is 84.4 Å². The fourth-order valence-corrected chi connectivity index (χ4v) is 3.51. The van der Waals surface area contributed by atoms with E-state index in [0.717, 1.165) is 10.2 Å². The van der Waals surface area contributed by atoms with Crippen molar-refractivity contribution in [2.45, 2.75) is 13.8 Å². The minimum absolute atomic E-state index is 0.0861. The zero-order chi connectivity index (χ0) is 21.5. The summed E-state index contributed by atoms with van der Waals surface area (Å²) in [5, 5.41) is 2.85. The van der Waals surface area contributed by atoms with Crippen molar-refractivity contribution in [3.05, 3.63) is 88.4 Å². The number of ether oxygens (including phenoxy) is 1. The molecule has 6 heteroatoms. The predicted octanol–water partition coefficient (Wildman–Crippen LogP) is 5.77. The molecular weight excluding hydrogens is 444 g/mol. The number of benzene rings is 3. The molecule has 0 heterocycles. The number of halogens is 1. The molecule has 0 unspecified atom stereocenters. The van der Waals surface area contributed by atoms with E-state index in [1.165, 1.54) is 0 Å². The standard InChI is InChI=1S/C24H23BrN2O3/c1-3-27(20-8-6-5-7-9-20)24(29)17-10-13-19(14-11-17)26-23(28)18-12-15-22(30-4-2)21(25)16-18/h5-16H,3-4H2,1-2H3,(H,26,28). The van der Waals surface area contributed by atoms with Gasteiger partial charge in [-0.15, -0.1) is 0 Å². The van der Waals surface area contributed by atoms with Crippen LogP contribution in [0, 0.1) is 0 Å². The molecule has 0 aromatic heterocycles. The molecule has 0 spiro atoms. The number of nitrogens with one attached hydrogen (secondary N) is 1. The van der Waals surface area contributed by atoms with Gasteiger partial charge in [-0.3, -0.25) is 9.59 Å². The van der Waals surface area contributed by atoms with Crippen LogP contribution in [-0.4, -0.2) is 25.0 Å². The number of rotatable bonds is 7. The highest BCUT2D eigenvalue weighted by atomic mass is 79.9. The van der Waals surface area contributed by atoms with Crippen molar-refractivity contribution in [3.8, 4) is 5.75 Å². The smallest absolute Gasteiger partial charge is 0.258 e. The zero-order valence-electron chi connectivity index (χ0n) is 16.9. The lowest BCUT2D eigenvalue weighted by atomic mass is 10.1. The van der Waals surface area contributed by atoms with E-state index >= 15 is 0 Å². The maximum absolute atomic E-state index is 12.9. The highest BCUT2D eigenvalue weighted by Crippen LogP contribution is 2.26. The van der Waals surface area contributed by atoms with Crippen molar-refractivity contribution in [2.24, 2.45) is 0 Å². The maximum Gasteiger partial charge on any atom is 0.258 e. The molecule has 0 aliphatic heterocycles. The van der Waals surface area contributed by atoms with Crippen molar-refractivity contribution in [1.82, 2.24) is 0 Å². The molecule has 5 nitrogen and oxygen atoms in total. The second-order valence-electron chi connectivity index (χ2n) is 6.49. The maximum atomic E-state index is 12.9. The summed E-state index contributed by atoms with van der Waals surface area (Å²) in [6.45, 7) is 4.96. The fourth-order valence-electron chi connectivity index (χ4n) is 3.02. The topological polar surface area (TPSA) is 58.6 Å². The molecule has 154 valence electrons. The summed E-state index contributed by atoms with van der Waals surface area (Å²) in [6, 6.07) is 21.6. The molecule has 0 atom stereocenters. The summed E-state index contributed by atoms with van der Waals surface area (Å²) in [6.07, 6.45) is 0. The van der Waals surface area contributed by atoms with Gasteiger partial charge < -0.3 is 15.0 Å². The first-order valence-electron chi connectivity index (χ1n) is 9.74. The Kier molecular flexibility index (Phi) is 7.25. The van der Waals surface area contributed by atoms with Crippen LogP contribution in [0.5, 0.6) is 5.75 Å². The molecule has 3 aromatic carbocycles. The van der Waals surface area contributed by atoms with Gasteiger partial charge in [0.1, 0.15) is 5.75 Å². The quantitative estimate of drug-likeness (QED) is 0.480. The Labute approximate surface area is 184 Å². The van der Waals surface area contributed by atoms with Crippen LogP contribution in [0.2, 0.25) is 0 Å². The monoisotopic (exact) mass is 466 g/mol. The van der Waals surface area contributed by atoms with Gasteiger partial charge in [-0.1, -0.05) is 18.2 Å². The number of para-hydroxylation sites is 1. The minimum Gasteiger partial charge on any atom is -0.493 e. The van der Waals surface area contributed by atoms with Crippen molar-refractivity contribution >= 4 is 39.1 Å². The third kappa shape index (κ3) is 5.07. The summed E-state index contributed by atoms with van der Waals surface area (Å²) in [5.74, 6) is 0.366. The van der Waals surface area contributed by atoms with E-state index in [2.05, 4.69) is 21.2 Å². The van der Waals surface area contributed by atoms with Crippen LogP contribution in [-0.2, 0) is 0 Å². The second kappa shape index (κ2) is 10.1. The minimum atomic E-state index is -0.239. The normalized spacial score (nSPS) is 10.4. The summed E-state index contributed by atoms with van der Waals surface area (Å²) in [4.78, 5) is 27.1. The van der Waals surface area contributed by atoms with E-state index in [9.17, 15) is 9.59 Å². The van der Waals surface area contributed by atoms with E-state index in [1.807, 2.05) is 44.2 Å². The molecule has 0 bridgehead atoms. The van der Waals surface area contributed by atoms with Crippen LogP contribution in [0.15, 0.2) is 77.3 Å². The molecular formula is C24H23BrN2O3. The van der Waals surface area contributed by atoms with E-state index < -0.39 is 0 Å². The van der Waals surface area contributed by atoms with Gasteiger partial charge in [0, 0.05) is 29.0 Å². The van der Waals surface area contributed by atoms with Crippen LogP contribution in [0.1, 0.15) is 34.6 Å². The second-order valence-corrected chi connectivity index (χ2v) is 7.35. The lowest BCUT2D eigenvalue weighted by Gasteiger charge is -2.21. The van der Waals surface area contributed by atoms with Gasteiger partial charge in [0.25, 0.3) is 11.8 Å². The number of anilines is 2. The summed E-state index contributed by atoms with van der Waals surface area (Å²) in [7, 11) is 0. The van der Waals surface area contributed by atoms with Crippen LogP contribution in [0.4, 0.5) is 11.4 Å². The SMILES string of the molecule is CCOc1ccc(C(=O)Nc2ccc(C(=O)N(CC)c3ccccc3)cc2)cc1Br.